The number of amides is 1. The van der Waals surface area contributed by atoms with E-state index >= 15 is 0 Å². The summed E-state index contributed by atoms with van der Waals surface area (Å²) in [5.41, 5.74) is 0. The quantitative estimate of drug-likeness (QED) is 0.739. The zero-order valence-corrected chi connectivity index (χ0v) is 12.3. The van der Waals surface area contributed by atoms with E-state index < -0.39 is 14.6 Å². The Morgan fingerprint density at radius 3 is 2.28 bits per heavy atom. The third kappa shape index (κ3) is 4.24. The highest BCUT2D eigenvalue weighted by atomic mass is 32.2. The molecule has 0 aromatic rings. The molecule has 1 heterocycles. The molecule has 1 rings (SSSR count). The highest BCUT2D eigenvalue weighted by molar-refractivity contribution is 7.92. The molecule has 5 nitrogen and oxygen atoms in total. The number of carbonyl (C=O) groups is 1. The molecule has 0 saturated carbocycles. The largest absolute Gasteiger partial charge is 0.342 e. The smallest absolute Gasteiger partial charge is 0.236 e. The van der Waals surface area contributed by atoms with Gasteiger partial charge >= 0.3 is 0 Å². The summed E-state index contributed by atoms with van der Waals surface area (Å²) in [6.45, 7) is 7.31. The van der Waals surface area contributed by atoms with Crippen LogP contribution in [0.15, 0.2) is 0 Å². The van der Waals surface area contributed by atoms with E-state index in [2.05, 4.69) is 5.32 Å². The third-order valence-electron chi connectivity index (χ3n) is 3.22. The number of carbonyl (C=O) groups excluding carboxylic acids is 1. The fourth-order valence-corrected chi connectivity index (χ4v) is 2.81. The first-order valence-electron chi connectivity index (χ1n) is 6.45. The van der Waals surface area contributed by atoms with E-state index in [-0.39, 0.29) is 18.2 Å². The maximum absolute atomic E-state index is 11.8. The minimum Gasteiger partial charge on any atom is -0.342 e. The Morgan fingerprint density at radius 1 is 1.22 bits per heavy atom. The van der Waals surface area contributed by atoms with Gasteiger partial charge in [-0.25, -0.2) is 8.42 Å². The maximum atomic E-state index is 11.8. The highest BCUT2D eigenvalue weighted by Crippen LogP contribution is 2.15. The molecule has 0 unspecified atom stereocenters. The number of hydrogen-bond donors (Lipinski definition) is 1. The minimum atomic E-state index is -3.10. The lowest BCUT2D eigenvalue weighted by atomic mass is 10.3. The normalized spacial score (nSPS) is 17.2. The van der Waals surface area contributed by atoms with Crippen LogP contribution in [0, 0.1) is 0 Å². The summed E-state index contributed by atoms with van der Waals surface area (Å²) >= 11 is 0. The average Bonchev–Trinajstić information content (AvgIpc) is 2.75. The molecule has 18 heavy (non-hydrogen) atoms. The molecular formula is C12H24N2O3S. The van der Waals surface area contributed by atoms with Crippen LogP contribution >= 0.6 is 0 Å². The molecule has 0 bridgehead atoms. The lowest BCUT2D eigenvalue weighted by molar-refractivity contribution is -0.129. The zero-order chi connectivity index (χ0) is 13.8. The molecule has 1 saturated heterocycles. The van der Waals surface area contributed by atoms with Gasteiger partial charge in [-0.3, -0.25) is 4.79 Å². The molecule has 1 aliphatic rings. The van der Waals surface area contributed by atoms with Gasteiger partial charge in [0.2, 0.25) is 5.91 Å². The Balaban J connectivity index is 2.25. The second-order valence-corrected chi connectivity index (χ2v) is 8.56. The van der Waals surface area contributed by atoms with Crippen LogP contribution in [-0.2, 0) is 14.6 Å². The van der Waals surface area contributed by atoms with E-state index in [0.29, 0.717) is 6.54 Å². The van der Waals surface area contributed by atoms with Crippen molar-refractivity contribution in [3.05, 3.63) is 0 Å². The minimum absolute atomic E-state index is 0.0701. The number of nitrogens with one attached hydrogen (secondary N) is 1. The first-order valence-corrected chi connectivity index (χ1v) is 8.10. The summed E-state index contributed by atoms with van der Waals surface area (Å²) in [4.78, 5) is 13.5. The summed E-state index contributed by atoms with van der Waals surface area (Å²) in [5.74, 6) is 0.143. The Kier molecular flexibility index (Phi) is 5.16. The molecule has 0 spiro atoms. The number of hydrogen-bond acceptors (Lipinski definition) is 4. The van der Waals surface area contributed by atoms with Gasteiger partial charge in [0, 0.05) is 19.6 Å². The summed E-state index contributed by atoms with van der Waals surface area (Å²) in [5, 5.41) is 2.92. The van der Waals surface area contributed by atoms with Crippen LogP contribution in [-0.4, -0.2) is 55.9 Å². The highest BCUT2D eigenvalue weighted by Gasteiger charge is 2.28. The SMILES string of the molecule is CC(C)(C)S(=O)(=O)CCNCC(=O)N1CCCC1. The van der Waals surface area contributed by atoms with Gasteiger partial charge in [0.1, 0.15) is 0 Å². The standard InChI is InChI=1S/C12H24N2O3S/c1-12(2,3)18(16,17)9-6-13-10-11(15)14-7-4-5-8-14/h13H,4-10H2,1-3H3. The Hall–Kier alpha value is -0.620. The zero-order valence-electron chi connectivity index (χ0n) is 11.5. The van der Waals surface area contributed by atoms with E-state index in [1.807, 2.05) is 4.90 Å². The number of rotatable bonds is 5. The van der Waals surface area contributed by atoms with Crippen LogP contribution < -0.4 is 5.32 Å². The van der Waals surface area contributed by atoms with Crippen LogP contribution in [0.4, 0.5) is 0 Å². The topological polar surface area (TPSA) is 66.5 Å². The van der Waals surface area contributed by atoms with Crippen LogP contribution in [0.5, 0.6) is 0 Å². The summed E-state index contributed by atoms with van der Waals surface area (Å²) in [6.07, 6.45) is 2.15. The van der Waals surface area contributed by atoms with Crippen molar-refractivity contribution < 1.29 is 13.2 Å². The van der Waals surface area contributed by atoms with Crippen molar-refractivity contribution in [3.8, 4) is 0 Å². The van der Waals surface area contributed by atoms with Gasteiger partial charge in [-0.1, -0.05) is 0 Å². The van der Waals surface area contributed by atoms with Crippen molar-refractivity contribution in [2.75, 3.05) is 31.9 Å². The van der Waals surface area contributed by atoms with Gasteiger partial charge < -0.3 is 10.2 Å². The van der Waals surface area contributed by atoms with Crippen molar-refractivity contribution in [1.29, 1.82) is 0 Å². The van der Waals surface area contributed by atoms with Crippen LogP contribution in [0.25, 0.3) is 0 Å². The van der Waals surface area contributed by atoms with Crippen LogP contribution in [0.2, 0.25) is 0 Å². The second-order valence-electron chi connectivity index (χ2n) is 5.70. The van der Waals surface area contributed by atoms with Crippen LogP contribution in [0.3, 0.4) is 0 Å². The van der Waals surface area contributed by atoms with E-state index in [1.165, 1.54) is 0 Å². The van der Waals surface area contributed by atoms with Gasteiger partial charge in [0.05, 0.1) is 17.0 Å². The molecule has 1 N–H and O–H groups in total. The summed E-state index contributed by atoms with van der Waals surface area (Å²) < 4.78 is 22.9. The van der Waals surface area contributed by atoms with Crippen molar-refractivity contribution in [2.45, 2.75) is 38.4 Å². The third-order valence-corrected chi connectivity index (χ3v) is 5.82. The Bertz CT molecular complexity index is 379. The number of likely N-dealkylation sites (tertiary alicyclic amines) is 1. The van der Waals surface area contributed by atoms with E-state index in [1.54, 1.807) is 20.8 Å². The van der Waals surface area contributed by atoms with Gasteiger partial charge in [-0.05, 0) is 33.6 Å². The molecular weight excluding hydrogens is 252 g/mol. The Morgan fingerprint density at radius 2 is 1.78 bits per heavy atom. The fraction of sp³-hybridized carbons (Fsp3) is 0.917. The predicted molar refractivity (Wildman–Crippen MR) is 72.2 cm³/mol. The molecule has 0 aromatic carbocycles. The monoisotopic (exact) mass is 276 g/mol. The van der Waals surface area contributed by atoms with Crippen LogP contribution in [0.1, 0.15) is 33.6 Å². The lowest BCUT2D eigenvalue weighted by Crippen LogP contribution is -2.39. The van der Waals surface area contributed by atoms with Crippen molar-refractivity contribution in [3.63, 3.8) is 0 Å². The predicted octanol–water partition coefficient (Wildman–Crippen LogP) is 0.412. The maximum Gasteiger partial charge on any atom is 0.236 e. The van der Waals surface area contributed by atoms with E-state index in [9.17, 15) is 13.2 Å². The Labute approximate surface area is 110 Å². The molecule has 1 amide bonds. The van der Waals surface area contributed by atoms with Gasteiger partial charge in [-0.2, -0.15) is 0 Å². The van der Waals surface area contributed by atoms with Gasteiger partial charge in [0.25, 0.3) is 0 Å². The number of sulfone groups is 1. The van der Waals surface area contributed by atoms with E-state index in [4.69, 9.17) is 0 Å². The first kappa shape index (κ1) is 15.4. The first-order chi connectivity index (χ1) is 8.24. The summed E-state index contributed by atoms with van der Waals surface area (Å²) in [6, 6.07) is 0. The molecule has 0 aromatic heterocycles. The van der Waals surface area contributed by atoms with Crippen molar-refractivity contribution >= 4 is 15.7 Å². The molecule has 1 fully saturated rings. The molecule has 1 aliphatic heterocycles. The van der Waals surface area contributed by atoms with E-state index in [0.717, 1.165) is 25.9 Å². The molecule has 6 heteroatoms. The van der Waals surface area contributed by atoms with Crippen molar-refractivity contribution in [1.82, 2.24) is 10.2 Å². The molecule has 0 aliphatic carbocycles. The molecule has 0 atom stereocenters. The fourth-order valence-electron chi connectivity index (χ4n) is 1.79. The number of nitrogens with zero attached hydrogens (tertiary/aromatic N) is 1. The lowest BCUT2D eigenvalue weighted by Gasteiger charge is -2.19. The van der Waals surface area contributed by atoms with Crippen molar-refractivity contribution in [2.24, 2.45) is 0 Å². The second kappa shape index (κ2) is 6.02. The van der Waals surface area contributed by atoms with Gasteiger partial charge in [-0.15, -0.1) is 0 Å². The molecule has 106 valence electrons. The summed E-state index contributed by atoms with van der Waals surface area (Å²) in [7, 11) is -3.10. The molecule has 0 radical (unpaired) electrons. The van der Waals surface area contributed by atoms with Gasteiger partial charge in [0.15, 0.2) is 9.84 Å². The average molecular weight is 276 g/mol.